The highest BCUT2D eigenvalue weighted by atomic mass is 32.2. The van der Waals surface area contributed by atoms with Gasteiger partial charge in [0, 0.05) is 6.20 Å². The van der Waals surface area contributed by atoms with Crippen LogP contribution < -0.4 is 0 Å². The van der Waals surface area contributed by atoms with Crippen LogP contribution in [0.2, 0.25) is 0 Å². The number of thioether (sulfide) groups is 1. The highest BCUT2D eigenvalue weighted by Gasteiger charge is 2.38. The first-order valence-corrected chi connectivity index (χ1v) is 9.70. The minimum absolute atomic E-state index is 0.0312. The zero-order valence-corrected chi connectivity index (χ0v) is 15.9. The minimum atomic E-state index is -4.58. The lowest BCUT2D eigenvalue weighted by Gasteiger charge is -2.22. The van der Waals surface area contributed by atoms with Crippen molar-refractivity contribution in [1.29, 1.82) is 5.26 Å². The fourth-order valence-corrected chi connectivity index (χ4v) is 3.99. The molecule has 0 saturated heterocycles. The molecule has 0 unspecified atom stereocenters. The Kier molecular flexibility index (Phi) is 5.93. The molecule has 2 aromatic rings. The van der Waals surface area contributed by atoms with Gasteiger partial charge in [0.1, 0.15) is 16.8 Å². The van der Waals surface area contributed by atoms with E-state index in [0.717, 1.165) is 18.2 Å². The van der Waals surface area contributed by atoms with Gasteiger partial charge in [0.15, 0.2) is 5.69 Å². The molecule has 6 nitrogen and oxygen atoms in total. The quantitative estimate of drug-likeness (QED) is 0.548. The number of esters is 1. The van der Waals surface area contributed by atoms with E-state index in [4.69, 9.17) is 4.74 Å². The number of alkyl halides is 3. The van der Waals surface area contributed by atoms with Crippen LogP contribution in [-0.4, -0.2) is 27.3 Å². The number of halogens is 3. The lowest BCUT2D eigenvalue weighted by Crippen LogP contribution is -2.19. The van der Waals surface area contributed by atoms with Crippen molar-refractivity contribution in [1.82, 2.24) is 14.8 Å². The van der Waals surface area contributed by atoms with Gasteiger partial charge >= 0.3 is 12.1 Å². The molecule has 2 heterocycles. The average Bonchev–Trinajstić information content (AvgIpc) is 3.14. The van der Waals surface area contributed by atoms with Gasteiger partial charge in [0.2, 0.25) is 0 Å². The van der Waals surface area contributed by atoms with Crippen LogP contribution in [0, 0.1) is 11.3 Å². The zero-order chi connectivity index (χ0) is 20.3. The molecule has 0 N–H and O–H groups in total. The summed E-state index contributed by atoms with van der Waals surface area (Å²) < 4.78 is 46.7. The van der Waals surface area contributed by atoms with Crippen molar-refractivity contribution >= 4 is 17.7 Å². The van der Waals surface area contributed by atoms with Gasteiger partial charge in [0.05, 0.1) is 18.0 Å². The number of rotatable bonds is 5. The Balaban J connectivity index is 1.90. The molecule has 0 fully saturated rings. The van der Waals surface area contributed by atoms with E-state index in [1.807, 2.05) is 6.07 Å². The van der Waals surface area contributed by atoms with E-state index in [9.17, 15) is 23.2 Å². The summed E-state index contributed by atoms with van der Waals surface area (Å²) in [6.45, 7) is 1.89. The topological polar surface area (TPSA) is 80.8 Å². The minimum Gasteiger partial charge on any atom is -0.461 e. The Morgan fingerprint density at radius 1 is 1.36 bits per heavy atom. The van der Waals surface area contributed by atoms with Crippen molar-refractivity contribution in [3.05, 3.63) is 40.3 Å². The Morgan fingerprint density at radius 2 is 2.07 bits per heavy atom. The van der Waals surface area contributed by atoms with Crippen LogP contribution in [0.5, 0.6) is 0 Å². The van der Waals surface area contributed by atoms with Gasteiger partial charge in [-0.1, -0.05) is 11.8 Å². The highest BCUT2D eigenvalue weighted by Crippen LogP contribution is 2.39. The van der Waals surface area contributed by atoms with Crippen LogP contribution in [0.25, 0.3) is 0 Å². The zero-order valence-electron chi connectivity index (χ0n) is 15.0. The summed E-state index contributed by atoms with van der Waals surface area (Å²) in [5.41, 5.74) is -0.00576. The van der Waals surface area contributed by atoms with Crippen molar-refractivity contribution in [2.24, 2.45) is 0 Å². The van der Waals surface area contributed by atoms with Crippen molar-refractivity contribution < 1.29 is 22.7 Å². The number of fused-ring (bicyclic) bond motifs is 1. The number of hydrogen-bond donors (Lipinski definition) is 0. The van der Waals surface area contributed by atoms with Gasteiger partial charge in [0.25, 0.3) is 0 Å². The summed E-state index contributed by atoms with van der Waals surface area (Å²) >= 11 is 0.981. The maximum absolute atomic E-state index is 13.5. The van der Waals surface area contributed by atoms with Crippen LogP contribution in [0.15, 0.2) is 17.3 Å². The second kappa shape index (κ2) is 8.22. The summed E-state index contributed by atoms with van der Waals surface area (Å²) in [6.07, 6.45) is -0.943. The Bertz CT molecular complexity index is 934. The third-order valence-corrected chi connectivity index (χ3v) is 5.28. The van der Waals surface area contributed by atoms with E-state index in [1.165, 1.54) is 16.9 Å². The number of carbonyl (C=O) groups is 1. The first kappa shape index (κ1) is 20.2. The fourth-order valence-electron chi connectivity index (χ4n) is 3.13. The van der Waals surface area contributed by atoms with E-state index in [2.05, 4.69) is 10.1 Å². The number of nitrogens with zero attached hydrogens (tertiary/aromatic N) is 4. The van der Waals surface area contributed by atoms with Gasteiger partial charge in [-0.15, -0.1) is 0 Å². The van der Waals surface area contributed by atoms with Crippen LogP contribution in [-0.2, 0) is 29.6 Å². The van der Waals surface area contributed by atoms with Gasteiger partial charge < -0.3 is 4.74 Å². The van der Waals surface area contributed by atoms with Crippen molar-refractivity contribution in [2.45, 2.75) is 49.7 Å². The molecule has 148 valence electrons. The molecule has 0 aromatic carbocycles. The standard InChI is InChI=1S/C18H17F3N4O2S/c1-2-27-17(26)14-7-8-25(24-14)10-28-16-13(9-22)11-5-3-4-6-12(11)15(23-16)18(19,20)21/h7-8H,2-6,10H2,1H3. The van der Waals surface area contributed by atoms with E-state index < -0.39 is 17.8 Å². The first-order chi connectivity index (χ1) is 13.3. The largest absolute Gasteiger partial charge is 0.461 e. The summed E-state index contributed by atoms with van der Waals surface area (Å²) in [5, 5.41) is 13.6. The number of carbonyl (C=O) groups excluding carboxylic acids is 1. The van der Waals surface area contributed by atoms with Gasteiger partial charge in [-0.05, 0) is 49.8 Å². The molecular weight excluding hydrogens is 393 g/mol. The Morgan fingerprint density at radius 3 is 2.71 bits per heavy atom. The smallest absolute Gasteiger partial charge is 0.433 e. The average molecular weight is 410 g/mol. The summed E-state index contributed by atoms with van der Waals surface area (Å²) in [4.78, 5) is 15.5. The number of nitriles is 1. The van der Waals surface area contributed by atoms with E-state index in [1.54, 1.807) is 6.92 Å². The van der Waals surface area contributed by atoms with E-state index >= 15 is 0 Å². The summed E-state index contributed by atoms with van der Waals surface area (Å²) in [7, 11) is 0. The Labute approximate surface area is 163 Å². The molecule has 0 bridgehead atoms. The van der Waals surface area contributed by atoms with Crippen LogP contribution >= 0.6 is 11.8 Å². The monoisotopic (exact) mass is 410 g/mol. The van der Waals surface area contributed by atoms with Crippen molar-refractivity contribution in [3.63, 3.8) is 0 Å². The maximum Gasteiger partial charge on any atom is 0.433 e. The number of ether oxygens (including phenoxy) is 1. The number of aromatic nitrogens is 3. The Hall–Kier alpha value is -2.54. The van der Waals surface area contributed by atoms with Gasteiger partial charge in [-0.3, -0.25) is 4.68 Å². The first-order valence-electron chi connectivity index (χ1n) is 8.71. The summed E-state index contributed by atoms with van der Waals surface area (Å²) in [6, 6.07) is 3.49. The second-order valence-electron chi connectivity index (χ2n) is 6.15. The third-order valence-electron chi connectivity index (χ3n) is 4.32. The summed E-state index contributed by atoms with van der Waals surface area (Å²) in [5.74, 6) is -0.466. The molecule has 10 heteroatoms. The van der Waals surface area contributed by atoms with E-state index in [0.29, 0.717) is 18.4 Å². The molecule has 1 aliphatic rings. The number of pyridine rings is 1. The SMILES string of the molecule is CCOC(=O)c1ccn(CSc2nc(C(F)(F)F)c3c(c2C#N)CCCC3)n1. The molecule has 0 amide bonds. The molecule has 3 rings (SSSR count). The predicted octanol–water partition coefficient (Wildman–Crippen LogP) is 3.97. The molecule has 2 aromatic heterocycles. The molecule has 1 aliphatic carbocycles. The second-order valence-corrected chi connectivity index (χ2v) is 7.08. The normalized spacial score (nSPS) is 13.7. The number of hydrogen-bond acceptors (Lipinski definition) is 6. The van der Waals surface area contributed by atoms with Gasteiger partial charge in [-0.25, -0.2) is 9.78 Å². The van der Waals surface area contributed by atoms with Crippen LogP contribution in [0.3, 0.4) is 0 Å². The van der Waals surface area contributed by atoms with Crippen molar-refractivity contribution in [2.75, 3.05) is 6.61 Å². The predicted molar refractivity (Wildman–Crippen MR) is 94.6 cm³/mol. The van der Waals surface area contributed by atoms with Gasteiger partial charge in [-0.2, -0.15) is 23.5 Å². The van der Waals surface area contributed by atoms with Crippen LogP contribution in [0.1, 0.15) is 52.6 Å². The maximum atomic E-state index is 13.5. The fraction of sp³-hybridized carbons (Fsp3) is 0.444. The molecule has 28 heavy (non-hydrogen) atoms. The molecule has 0 spiro atoms. The lowest BCUT2D eigenvalue weighted by molar-refractivity contribution is -0.142. The molecule has 0 aliphatic heterocycles. The van der Waals surface area contributed by atoms with Crippen molar-refractivity contribution in [3.8, 4) is 6.07 Å². The highest BCUT2D eigenvalue weighted by molar-refractivity contribution is 7.98. The third kappa shape index (κ3) is 4.14. The molecule has 0 saturated carbocycles. The molecule has 0 radical (unpaired) electrons. The molecular formula is C18H17F3N4O2S. The molecule has 0 atom stereocenters. The van der Waals surface area contributed by atoms with E-state index in [-0.39, 0.29) is 40.8 Å². The van der Waals surface area contributed by atoms with Crippen LogP contribution in [0.4, 0.5) is 13.2 Å². The lowest BCUT2D eigenvalue weighted by atomic mass is 9.88.